The van der Waals surface area contributed by atoms with Crippen LogP contribution in [-0.2, 0) is 6.42 Å². The summed E-state index contributed by atoms with van der Waals surface area (Å²) < 4.78 is 1.48. The van der Waals surface area contributed by atoms with Gasteiger partial charge < -0.3 is 4.98 Å². The Balaban J connectivity index is 1.51. The molecule has 0 radical (unpaired) electrons. The van der Waals surface area contributed by atoms with Crippen LogP contribution in [0.25, 0.3) is 28.1 Å². The van der Waals surface area contributed by atoms with E-state index in [4.69, 9.17) is 11.6 Å². The van der Waals surface area contributed by atoms with E-state index in [1.807, 2.05) is 43.3 Å². The zero-order valence-electron chi connectivity index (χ0n) is 17.2. The first-order valence-electron chi connectivity index (χ1n) is 10.1. The van der Waals surface area contributed by atoms with Gasteiger partial charge in [0.1, 0.15) is 0 Å². The maximum atomic E-state index is 13.1. The van der Waals surface area contributed by atoms with Crippen LogP contribution in [0.1, 0.15) is 22.4 Å². The van der Waals surface area contributed by atoms with Crippen LogP contribution in [0.5, 0.6) is 0 Å². The lowest BCUT2D eigenvalue weighted by molar-refractivity contribution is 0.790. The van der Waals surface area contributed by atoms with Gasteiger partial charge in [0.2, 0.25) is 5.95 Å². The molecule has 5 aromatic rings. The van der Waals surface area contributed by atoms with Crippen molar-refractivity contribution in [3.05, 3.63) is 104 Å². The smallest absolute Gasteiger partial charge is 0.277 e. The predicted octanol–water partition coefficient (Wildman–Crippen LogP) is 5.57. The van der Waals surface area contributed by atoms with Gasteiger partial charge in [-0.15, -0.1) is 0 Å². The van der Waals surface area contributed by atoms with E-state index in [2.05, 4.69) is 52.3 Å². The van der Waals surface area contributed by atoms with Crippen LogP contribution >= 0.6 is 11.6 Å². The lowest BCUT2D eigenvalue weighted by atomic mass is 10.0. The number of H-pyrrole nitrogens is 2. The van der Waals surface area contributed by atoms with Crippen LogP contribution in [-0.4, -0.2) is 19.7 Å². The molecule has 154 valence electrons. The van der Waals surface area contributed by atoms with Crippen molar-refractivity contribution in [2.24, 2.45) is 0 Å². The van der Waals surface area contributed by atoms with Crippen molar-refractivity contribution in [1.82, 2.24) is 19.7 Å². The Kier molecular flexibility index (Phi) is 4.75. The van der Waals surface area contributed by atoms with Gasteiger partial charge in [-0.05, 0) is 54.8 Å². The van der Waals surface area contributed by atoms with E-state index in [9.17, 15) is 4.79 Å². The van der Waals surface area contributed by atoms with E-state index < -0.39 is 0 Å². The maximum Gasteiger partial charge on any atom is 0.277 e. The van der Waals surface area contributed by atoms with Gasteiger partial charge in [0.15, 0.2) is 0 Å². The molecule has 0 aliphatic heterocycles. The van der Waals surface area contributed by atoms with Gasteiger partial charge >= 0.3 is 0 Å². The number of aryl methyl sites for hydroxylation is 2. The number of nitrogens with one attached hydrogen (secondary N) is 2. The van der Waals surface area contributed by atoms with E-state index in [1.54, 1.807) is 0 Å². The van der Waals surface area contributed by atoms with Gasteiger partial charge in [-0.1, -0.05) is 59.6 Å². The number of imidazole rings is 1. The molecule has 0 bridgehead atoms. The minimum absolute atomic E-state index is 0.106. The molecule has 0 aliphatic carbocycles. The third kappa shape index (κ3) is 3.68. The third-order valence-corrected chi connectivity index (χ3v) is 5.81. The number of hydrogen-bond acceptors (Lipinski definition) is 2. The average molecular weight is 429 g/mol. The van der Waals surface area contributed by atoms with Gasteiger partial charge in [-0.3, -0.25) is 9.89 Å². The highest BCUT2D eigenvalue weighted by Gasteiger charge is 2.16. The molecule has 0 spiro atoms. The lowest BCUT2D eigenvalue weighted by Crippen LogP contribution is -2.18. The van der Waals surface area contributed by atoms with Crippen LogP contribution in [0.4, 0.5) is 0 Å². The standard InChI is InChI=1S/C25H21ClN4O/c1-15-3-7-18(8-4-15)19-9-12-22-23(14-19)28-25(27-22)30-24(31)21(16(2)29-30)13-17-5-10-20(26)11-6-17/h3-12,14,29H,13H2,1-2H3,(H,27,28). The second-order valence-electron chi connectivity index (χ2n) is 7.82. The number of hydrogen-bond donors (Lipinski definition) is 2. The van der Waals surface area contributed by atoms with Crippen LogP contribution in [0.2, 0.25) is 5.02 Å². The number of halogens is 1. The van der Waals surface area contributed by atoms with E-state index in [1.165, 1.54) is 10.2 Å². The molecule has 2 aromatic heterocycles. The van der Waals surface area contributed by atoms with Gasteiger partial charge in [0, 0.05) is 22.7 Å². The minimum atomic E-state index is -0.106. The summed E-state index contributed by atoms with van der Waals surface area (Å²) in [6.07, 6.45) is 0.531. The molecule has 5 rings (SSSR count). The van der Waals surface area contributed by atoms with Gasteiger partial charge in [-0.25, -0.2) is 4.98 Å². The monoisotopic (exact) mass is 428 g/mol. The molecular weight excluding hydrogens is 408 g/mol. The molecule has 0 fully saturated rings. The molecule has 2 N–H and O–H groups in total. The zero-order chi connectivity index (χ0) is 21.5. The zero-order valence-corrected chi connectivity index (χ0v) is 18.0. The topological polar surface area (TPSA) is 66.5 Å². The molecule has 31 heavy (non-hydrogen) atoms. The molecule has 0 saturated heterocycles. The highest BCUT2D eigenvalue weighted by molar-refractivity contribution is 6.30. The van der Waals surface area contributed by atoms with Crippen molar-refractivity contribution in [3.8, 4) is 17.1 Å². The van der Waals surface area contributed by atoms with Crippen LogP contribution in [0.3, 0.4) is 0 Å². The summed E-state index contributed by atoms with van der Waals surface area (Å²) >= 11 is 5.97. The summed E-state index contributed by atoms with van der Waals surface area (Å²) in [5, 5.41) is 3.84. The van der Waals surface area contributed by atoms with E-state index in [-0.39, 0.29) is 5.56 Å². The first kappa shape index (κ1) is 19.4. The SMILES string of the molecule is Cc1ccc(-c2ccc3nc(-n4[nH]c(C)c(Cc5ccc(Cl)cc5)c4=O)[nH]c3c2)cc1. The molecule has 2 heterocycles. The Hall–Kier alpha value is -3.57. The first-order valence-corrected chi connectivity index (χ1v) is 10.5. The van der Waals surface area contributed by atoms with E-state index >= 15 is 0 Å². The van der Waals surface area contributed by atoms with Gasteiger partial charge in [0.05, 0.1) is 11.0 Å². The van der Waals surface area contributed by atoms with Crippen molar-refractivity contribution < 1.29 is 0 Å². The number of benzene rings is 3. The summed E-state index contributed by atoms with van der Waals surface area (Å²) in [4.78, 5) is 21.0. The van der Waals surface area contributed by atoms with Crippen LogP contribution in [0, 0.1) is 13.8 Å². The van der Waals surface area contributed by atoms with Crippen molar-refractivity contribution >= 4 is 22.6 Å². The molecular formula is C25H21ClN4O. The molecule has 0 unspecified atom stereocenters. The normalized spacial score (nSPS) is 11.3. The van der Waals surface area contributed by atoms with Crippen LogP contribution < -0.4 is 5.56 Å². The van der Waals surface area contributed by atoms with E-state index in [0.717, 1.165) is 33.4 Å². The number of aromatic nitrogens is 4. The average Bonchev–Trinajstić information content (AvgIpc) is 3.31. The molecule has 6 heteroatoms. The van der Waals surface area contributed by atoms with E-state index in [0.29, 0.717) is 23.0 Å². The summed E-state index contributed by atoms with van der Waals surface area (Å²) in [6, 6.07) is 22.0. The number of fused-ring (bicyclic) bond motifs is 1. The number of rotatable bonds is 4. The molecule has 0 aliphatic rings. The van der Waals surface area contributed by atoms with Crippen molar-refractivity contribution in [1.29, 1.82) is 0 Å². The van der Waals surface area contributed by atoms with Gasteiger partial charge in [-0.2, -0.15) is 4.68 Å². The Labute approximate surface area is 184 Å². The molecule has 0 amide bonds. The predicted molar refractivity (Wildman–Crippen MR) is 125 cm³/mol. The van der Waals surface area contributed by atoms with Crippen molar-refractivity contribution in [2.45, 2.75) is 20.3 Å². The molecule has 3 aromatic carbocycles. The third-order valence-electron chi connectivity index (χ3n) is 5.55. The fourth-order valence-electron chi connectivity index (χ4n) is 3.77. The lowest BCUT2D eigenvalue weighted by Gasteiger charge is -2.02. The highest BCUT2D eigenvalue weighted by Crippen LogP contribution is 2.24. The Morgan fingerprint density at radius 2 is 1.65 bits per heavy atom. The second kappa shape index (κ2) is 7.60. The van der Waals surface area contributed by atoms with Crippen molar-refractivity contribution in [3.63, 3.8) is 0 Å². The second-order valence-corrected chi connectivity index (χ2v) is 8.25. The first-order chi connectivity index (χ1) is 15.0. The Morgan fingerprint density at radius 1 is 0.935 bits per heavy atom. The Morgan fingerprint density at radius 3 is 2.39 bits per heavy atom. The van der Waals surface area contributed by atoms with Gasteiger partial charge in [0.25, 0.3) is 5.56 Å². The number of nitrogens with zero attached hydrogens (tertiary/aromatic N) is 2. The molecule has 0 atom stereocenters. The Bertz CT molecular complexity index is 1440. The number of aromatic amines is 2. The quantitative estimate of drug-likeness (QED) is 0.393. The largest absolute Gasteiger partial charge is 0.322 e. The molecule has 0 saturated carbocycles. The summed E-state index contributed by atoms with van der Waals surface area (Å²) in [6.45, 7) is 3.98. The minimum Gasteiger partial charge on any atom is -0.322 e. The van der Waals surface area contributed by atoms with Crippen LogP contribution in [0.15, 0.2) is 71.5 Å². The highest BCUT2D eigenvalue weighted by atomic mass is 35.5. The fraction of sp³-hybridized carbons (Fsp3) is 0.120. The molecule has 5 nitrogen and oxygen atoms in total. The summed E-state index contributed by atoms with van der Waals surface area (Å²) in [7, 11) is 0. The summed E-state index contributed by atoms with van der Waals surface area (Å²) in [5.74, 6) is 0.478. The van der Waals surface area contributed by atoms with Crippen molar-refractivity contribution in [2.75, 3.05) is 0 Å². The maximum absolute atomic E-state index is 13.1. The summed E-state index contributed by atoms with van der Waals surface area (Å²) in [5.41, 5.74) is 7.61. The fourth-order valence-corrected chi connectivity index (χ4v) is 3.90.